The highest BCUT2D eigenvalue weighted by molar-refractivity contribution is 5.54. The molecule has 1 saturated heterocycles. The van der Waals surface area contributed by atoms with E-state index in [1.165, 1.54) is 11.6 Å². The zero-order valence-electron chi connectivity index (χ0n) is 13.8. The van der Waals surface area contributed by atoms with Gasteiger partial charge in [0.05, 0.1) is 0 Å². The Morgan fingerprint density at radius 1 is 1.14 bits per heavy atom. The van der Waals surface area contributed by atoms with Gasteiger partial charge in [0.25, 0.3) is 5.56 Å². The SMILES string of the molecule is CC(C)C1CN(C)CCN1c1c(C#N)c(=O)n(C)c(=O)n1C. The van der Waals surface area contributed by atoms with Gasteiger partial charge in [-0.2, -0.15) is 5.26 Å². The smallest absolute Gasteiger partial charge is 0.332 e. The van der Waals surface area contributed by atoms with Gasteiger partial charge in [0, 0.05) is 39.8 Å². The maximum Gasteiger partial charge on any atom is 0.332 e. The molecule has 0 bridgehead atoms. The standard InChI is InChI=1S/C15H23N5O2/c1-10(2)12-9-17(3)6-7-20(12)13-11(8-16)14(21)19(5)15(22)18(13)4/h10,12H,6-7,9H2,1-5H3. The Labute approximate surface area is 130 Å². The summed E-state index contributed by atoms with van der Waals surface area (Å²) in [5, 5.41) is 9.43. The molecule has 7 nitrogen and oxygen atoms in total. The minimum Gasteiger partial charge on any atom is -0.351 e. The fraction of sp³-hybridized carbons (Fsp3) is 0.667. The molecule has 1 aromatic heterocycles. The Bertz CT molecular complexity index is 725. The average Bonchev–Trinajstić information content (AvgIpc) is 2.49. The first-order chi connectivity index (χ1) is 10.3. The summed E-state index contributed by atoms with van der Waals surface area (Å²) in [6, 6.07) is 2.15. The van der Waals surface area contributed by atoms with Gasteiger partial charge in [-0.15, -0.1) is 0 Å². The average molecular weight is 305 g/mol. The van der Waals surface area contributed by atoms with Crippen molar-refractivity contribution in [2.24, 2.45) is 20.0 Å². The highest BCUT2D eigenvalue weighted by Crippen LogP contribution is 2.24. The van der Waals surface area contributed by atoms with E-state index in [0.717, 1.165) is 17.7 Å². The molecule has 2 heterocycles. The van der Waals surface area contributed by atoms with Gasteiger partial charge >= 0.3 is 5.69 Å². The third kappa shape index (κ3) is 2.55. The molecule has 120 valence electrons. The zero-order chi connectivity index (χ0) is 16.6. The number of nitriles is 1. The third-order valence-electron chi connectivity index (χ3n) is 4.41. The van der Waals surface area contributed by atoms with Crippen LogP contribution in [0.5, 0.6) is 0 Å². The molecule has 1 fully saturated rings. The summed E-state index contributed by atoms with van der Waals surface area (Å²) in [4.78, 5) is 28.8. The Morgan fingerprint density at radius 2 is 1.77 bits per heavy atom. The summed E-state index contributed by atoms with van der Waals surface area (Å²) in [6.07, 6.45) is 0. The van der Waals surface area contributed by atoms with E-state index in [4.69, 9.17) is 0 Å². The zero-order valence-corrected chi connectivity index (χ0v) is 13.8. The van der Waals surface area contributed by atoms with Crippen molar-refractivity contribution in [1.29, 1.82) is 5.26 Å². The molecular weight excluding hydrogens is 282 g/mol. The van der Waals surface area contributed by atoms with Crippen LogP contribution < -0.4 is 16.1 Å². The fourth-order valence-electron chi connectivity index (χ4n) is 3.05. The Hall–Kier alpha value is -2.07. The van der Waals surface area contributed by atoms with Gasteiger partial charge in [0.1, 0.15) is 11.9 Å². The van der Waals surface area contributed by atoms with Gasteiger partial charge < -0.3 is 9.80 Å². The quantitative estimate of drug-likeness (QED) is 0.752. The number of aromatic nitrogens is 2. The molecule has 0 saturated carbocycles. The van der Waals surface area contributed by atoms with Gasteiger partial charge in [-0.1, -0.05) is 13.8 Å². The van der Waals surface area contributed by atoms with Crippen LogP contribution in [0.25, 0.3) is 0 Å². The van der Waals surface area contributed by atoms with Gasteiger partial charge in [-0.3, -0.25) is 13.9 Å². The molecule has 0 radical (unpaired) electrons. The summed E-state index contributed by atoms with van der Waals surface area (Å²) < 4.78 is 2.41. The highest BCUT2D eigenvalue weighted by atomic mass is 16.2. The minimum absolute atomic E-state index is 0.0415. The number of rotatable bonds is 2. The molecule has 0 amide bonds. The second kappa shape index (κ2) is 5.97. The van der Waals surface area contributed by atoms with E-state index in [2.05, 4.69) is 25.8 Å². The van der Waals surface area contributed by atoms with Crippen molar-refractivity contribution in [3.05, 3.63) is 26.4 Å². The van der Waals surface area contributed by atoms with E-state index in [-0.39, 0.29) is 11.6 Å². The molecule has 1 aliphatic rings. The molecule has 7 heteroatoms. The van der Waals surface area contributed by atoms with Gasteiger partial charge in [-0.25, -0.2) is 4.79 Å². The molecule has 0 aliphatic carbocycles. The molecule has 0 aromatic carbocycles. The molecule has 1 aliphatic heterocycles. The molecule has 0 N–H and O–H groups in total. The van der Waals surface area contributed by atoms with Crippen LogP contribution in [0.2, 0.25) is 0 Å². The largest absolute Gasteiger partial charge is 0.351 e. The van der Waals surface area contributed by atoms with E-state index in [1.54, 1.807) is 7.05 Å². The highest BCUT2D eigenvalue weighted by Gasteiger charge is 2.32. The van der Waals surface area contributed by atoms with Crippen LogP contribution in [0.4, 0.5) is 5.82 Å². The number of hydrogen-bond acceptors (Lipinski definition) is 5. The lowest BCUT2D eigenvalue weighted by atomic mass is 9.99. The maximum atomic E-state index is 12.3. The molecule has 1 atom stereocenters. The van der Waals surface area contributed by atoms with Crippen LogP contribution in [0.15, 0.2) is 9.59 Å². The predicted octanol–water partition coefficient (Wildman–Crippen LogP) is -0.268. The second-order valence-corrected chi connectivity index (χ2v) is 6.28. The molecular formula is C15H23N5O2. The lowest BCUT2D eigenvalue weighted by Crippen LogP contribution is -2.56. The Balaban J connectivity index is 2.68. The summed E-state index contributed by atoms with van der Waals surface area (Å²) in [7, 11) is 5.08. The summed E-state index contributed by atoms with van der Waals surface area (Å²) >= 11 is 0. The van der Waals surface area contributed by atoms with Crippen molar-refractivity contribution in [3.8, 4) is 6.07 Å². The van der Waals surface area contributed by atoms with Crippen LogP contribution in [-0.4, -0.2) is 46.8 Å². The third-order valence-corrected chi connectivity index (χ3v) is 4.41. The van der Waals surface area contributed by atoms with Crippen LogP contribution in [-0.2, 0) is 14.1 Å². The van der Waals surface area contributed by atoms with Crippen molar-refractivity contribution in [1.82, 2.24) is 14.0 Å². The first kappa shape index (κ1) is 16.3. The second-order valence-electron chi connectivity index (χ2n) is 6.28. The molecule has 1 unspecified atom stereocenters. The molecule has 1 aromatic rings. The number of anilines is 1. The Morgan fingerprint density at radius 3 is 2.32 bits per heavy atom. The number of likely N-dealkylation sites (N-methyl/N-ethyl adjacent to an activating group) is 1. The van der Waals surface area contributed by atoms with Crippen LogP contribution >= 0.6 is 0 Å². The first-order valence-electron chi connectivity index (χ1n) is 7.44. The van der Waals surface area contributed by atoms with Gasteiger partial charge in [-0.05, 0) is 13.0 Å². The fourth-order valence-corrected chi connectivity index (χ4v) is 3.05. The van der Waals surface area contributed by atoms with Gasteiger partial charge in [0.2, 0.25) is 0 Å². The van der Waals surface area contributed by atoms with E-state index in [0.29, 0.717) is 18.3 Å². The number of nitrogens with zero attached hydrogens (tertiary/aromatic N) is 5. The predicted molar refractivity (Wildman–Crippen MR) is 85.1 cm³/mol. The maximum absolute atomic E-state index is 12.3. The van der Waals surface area contributed by atoms with Crippen molar-refractivity contribution < 1.29 is 0 Å². The van der Waals surface area contributed by atoms with Crippen molar-refractivity contribution in [2.45, 2.75) is 19.9 Å². The summed E-state index contributed by atoms with van der Waals surface area (Å²) in [6.45, 7) is 6.59. The summed E-state index contributed by atoms with van der Waals surface area (Å²) in [5.74, 6) is 0.788. The van der Waals surface area contributed by atoms with Crippen molar-refractivity contribution >= 4 is 5.82 Å². The molecule has 2 rings (SSSR count). The lowest BCUT2D eigenvalue weighted by Gasteiger charge is -2.44. The van der Waals surface area contributed by atoms with Crippen LogP contribution in [0.3, 0.4) is 0 Å². The number of hydrogen-bond donors (Lipinski definition) is 0. The first-order valence-corrected chi connectivity index (χ1v) is 7.44. The van der Waals surface area contributed by atoms with Crippen molar-refractivity contribution in [3.63, 3.8) is 0 Å². The van der Waals surface area contributed by atoms with E-state index in [9.17, 15) is 14.9 Å². The van der Waals surface area contributed by atoms with Gasteiger partial charge in [0.15, 0.2) is 5.56 Å². The Kier molecular flexibility index (Phi) is 4.42. The summed E-state index contributed by atoms with van der Waals surface area (Å²) in [5.41, 5.74) is -0.887. The van der Waals surface area contributed by atoms with Crippen LogP contribution in [0.1, 0.15) is 19.4 Å². The topological polar surface area (TPSA) is 74.3 Å². The van der Waals surface area contributed by atoms with E-state index < -0.39 is 11.2 Å². The minimum atomic E-state index is -0.526. The normalized spacial score (nSPS) is 19.5. The lowest BCUT2D eigenvalue weighted by molar-refractivity contribution is 0.234. The van der Waals surface area contributed by atoms with E-state index in [1.807, 2.05) is 11.0 Å². The number of piperazine rings is 1. The van der Waals surface area contributed by atoms with E-state index >= 15 is 0 Å². The molecule has 0 spiro atoms. The van der Waals surface area contributed by atoms with Crippen molar-refractivity contribution in [2.75, 3.05) is 31.6 Å². The molecule has 22 heavy (non-hydrogen) atoms. The van der Waals surface area contributed by atoms with Crippen LogP contribution in [0, 0.1) is 17.2 Å². The monoisotopic (exact) mass is 305 g/mol.